The summed E-state index contributed by atoms with van der Waals surface area (Å²) in [6.45, 7) is 2.30. The molecule has 0 spiro atoms. The van der Waals surface area contributed by atoms with Gasteiger partial charge in [-0.05, 0) is 59.5 Å². The molecule has 0 bridgehead atoms. The van der Waals surface area contributed by atoms with E-state index < -0.39 is 12.0 Å². The molecule has 0 saturated heterocycles. The van der Waals surface area contributed by atoms with E-state index in [1.807, 2.05) is 104 Å². The van der Waals surface area contributed by atoms with Gasteiger partial charge in [0.05, 0.1) is 12.7 Å². The highest BCUT2D eigenvalue weighted by atomic mass is 35.5. The Morgan fingerprint density at radius 2 is 1.65 bits per heavy atom. The van der Waals surface area contributed by atoms with Crippen LogP contribution in [0.5, 0.6) is 11.5 Å². The second-order valence-corrected chi connectivity index (χ2v) is 12.3. The third-order valence-electron chi connectivity index (χ3n) is 7.39. The number of aromatic nitrogens is 3. The summed E-state index contributed by atoms with van der Waals surface area (Å²) in [5.74, 6) is 1.69. The Morgan fingerprint density at radius 1 is 0.913 bits per heavy atom. The van der Waals surface area contributed by atoms with Crippen LogP contribution in [0, 0.1) is 0 Å². The van der Waals surface area contributed by atoms with Crippen LogP contribution in [0.3, 0.4) is 0 Å². The second-order valence-electron chi connectivity index (χ2n) is 10.5. The number of allylic oxidation sites excluding steroid dienone is 1. The summed E-state index contributed by atoms with van der Waals surface area (Å²) < 4.78 is 19.4. The molecule has 6 rings (SSSR count). The molecule has 1 unspecified atom stereocenters. The predicted molar refractivity (Wildman–Crippen MR) is 181 cm³/mol. The van der Waals surface area contributed by atoms with Gasteiger partial charge in [-0.1, -0.05) is 102 Å². The monoisotopic (exact) mass is 672 g/mol. The number of thioether (sulfide) groups is 1. The summed E-state index contributed by atoms with van der Waals surface area (Å²) in [5, 5.41) is 9.98. The van der Waals surface area contributed by atoms with Crippen molar-refractivity contribution in [2.45, 2.75) is 37.1 Å². The van der Waals surface area contributed by atoms with E-state index in [1.165, 1.54) is 11.8 Å². The zero-order valence-electron chi connectivity index (χ0n) is 25.1. The highest BCUT2D eigenvalue weighted by Crippen LogP contribution is 2.40. The van der Waals surface area contributed by atoms with Gasteiger partial charge in [-0.2, -0.15) is 4.98 Å². The number of rotatable bonds is 11. The highest BCUT2D eigenvalue weighted by Gasteiger charge is 2.36. The molecule has 1 aromatic heterocycles. The molecular formula is C35H30Cl2N4O4S. The lowest BCUT2D eigenvalue weighted by molar-refractivity contribution is -0.140. The average molecular weight is 674 g/mol. The molecule has 5 aromatic rings. The summed E-state index contributed by atoms with van der Waals surface area (Å²) >= 11 is 13.9. The van der Waals surface area contributed by atoms with Gasteiger partial charge in [0.1, 0.15) is 19.3 Å². The molecule has 8 nitrogen and oxygen atoms in total. The number of anilines is 1. The summed E-state index contributed by atoms with van der Waals surface area (Å²) in [4.78, 5) is 18.5. The van der Waals surface area contributed by atoms with E-state index in [9.17, 15) is 4.79 Å². The Balaban J connectivity index is 1.32. The Kier molecular flexibility index (Phi) is 9.82. The smallest absolute Gasteiger partial charge is 0.338 e. The number of nitrogens with one attached hydrogen (secondary N) is 1. The molecule has 1 aliphatic rings. The van der Waals surface area contributed by atoms with Crippen molar-refractivity contribution >= 4 is 46.9 Å². The van der Waals surface area contributed by atoms with Gasteiger partial charge >= 0.3 is 5.97 Å². The van der Waals surface area contributed by atoms with E-state index >= 15 is 0 Å². The van der Waals surface area contributed by atoms with Crippen LogP contribution in [0.4, 0.5) is 5.95 Å². The molecular weight excluding hydrogens is 643 g/mol. The summed E-state index contributed by atoms with van der Waals surface area (Å²) in [6, 6.07) is 29.6. The Hall–Kier alpha value is -4.44. The number of hydrogen-bond acceptors (Lipinski definition) is 8. The van der Waals surface area contributed by atoms with Crippen molar-refractivity contribution in [1.82, 2.24) is 14.8 Å². The number of fused-ring (bicyclic) bond motifs is 1. The molecule has 1 aliphatic heterocycles. The van der Waals surface area contributed by atoms with Crippen molar-refractivity contribution in [2.75, 3.05) is 12.4 Å². The van der Waals surface area contributed by atoms with Gasteiger partial charge in [0.15, 0.2) is 11.5 Å². The number of carbonyl (C=O) groups is 1. The molecule has 234 valence electrons. The number of hydrogen-bond donors (Lipinski definition) is 1. The van der Waals surface area contributed by atoms with Crippen LogP contribution in [-0.4, -0.2) is 27.8 Å². The molecule has 0 aliphatic carbocycles. The molecule has 0 saturated carbocycles. The first-order valence-corrected chi connectivity index (χ1v) is 16.2. The van der Waals surface area contributed by atoms with E-state index in [4.69, 9.17) is 47.5 Å². The summed E-state index contributed by atoms with van der Waals surface area (Å²) in [5.41, 5.74) is 4.60. The van der Waals surface area contributed by atoms with Gasteiger partial charge < -0.3 is 19.5 Å². The standard InChI is InChI=1S/C35H30Cl2N4O4S/c1-22-31(33(42)45-20-23-8-4-3-5-9-23)32(41-34(38-22)39-35(40-41)46-21-26-10-6-7-11-28(26)37)25-14-17-29(30(18-25)43-2)44-19-24-12-15-27(36)16-13-24/h3-18,32H,19-21H2,1-2H3,(H,38,39,40). The largest absolute Gasteiger partial charge is 0.493 e. The SMILES string of the molecule is COc1cc(C2C(C(=O)OCc3ccccc3)=C(C)Nc3nc(SCc4ccccc4Cl)nn32)ccc1OCc1ccc(Cl)cc1. The third-order valence-corrected chi connectivity index (χ3v) is 8.90. The molecule has 11 heteroatoms. The van der Waals surface area contributed by atoms with E-state index in [-0.39, 0.29) is 6.61 Å². The van der Waals surface area contributed by atoms with Crippen LogP contribution in [0.1, 0.15) is 35.2 Å². The number of esters is 1. The number of methoxy groups -OCH3 is 1. The zero-order chi connectivity index (χ0) is 32.0. The highest BCUT2D eigenvalue weighted by molar-refractivity contribution is 7.98. The van der Waals surface area contributed by atoms with Crippen LogP contribution in [0.15, 0.2) is 113 Å². The summed E-state index contributed by atoms with van der Waals surface area (Å²) in [7, 11) is 1.58. The lowest BCUT2D eigenvalue weighted by Gasteiger charge is -2.28. The van der Waals surface area contributed by atoms with Gasteiger partial charge in [0.2, 0.25) is 11.1 Å². The topological polar surface area (TPSA) is 87.5 Å². The van der Waals surface area contributed by atoms with Crippen molar-refractivity contribution in [3.05, 3.63) is 141 Å². The number of carbonyl (C=O) groups excluding carboxylic acids is 1. The Morgan fingerprint density at radius 3 is 2.41 bits per heavy atom. The van der Waals surface area contributed by atoms with Crippen molar-refractivity contribution in [2.24, 2.45) is 0 Å². The van der Waals surface area contributed by atoms with Gasteiger partial charge in [0, 0.05) is 21.5 Å². The fraction of sp³-hybridized carbons (Fsp3) is 0.171. The van der Waals surface area contributed by atoms with E-state index in [2.05, 4.69) is 5.32 Å². The number of benzene rings is 4. The molecule has 0 radical (unpaired) electrons. The summed E-state index contributed by atoms with van der Waals surface area (Å²) in [6.07, 6.45) is 0. The predicted octanol–water partition coefficient (Wildman–Crippen LogP) is 8.50. The maximum Gasteiger partial charge on any atom is 0.338 e. The van der Waals surface area contributed by atoms with Crippen LogP contribution >= 0.6 is 35.0 Å². The van der Waals surface area contributed by atoms with Crippen LogP contribution in [-0.2, 0) is 28.5 Å². The molecule has 46 heavy (non-hydrogen) atoms. The number of halogens is 2. The van der Waals surface area contributed by atoms with Gasteiger partial charge in [-0.25, -0.2) is 9.48 Å². The molecule has 1 N–H and O–H groups in total. The minimum atomic E-state index is -0.652. The molecule has 2 heterocycles. The average Bonchev–Trinajstić information content (AvgIpc) is 3.48. The Bertz CT molecular complexity index is 1880. The molecule has 0 amide bonds. The van der Waals surface area contributed by atoms with Crippen LogP contribution < -0.4 is 14.8 Å². The molecule has 1 atom stereocenters. The first kappa shape index (κ1) is 31.5. The van der Waals surface area contributed by atoms with Crippen LogP contribution in [0.25, 0.3) is 0 Å². The molecule has 4 aromatic carbocycles. The first-order chi connectivity index (χ1) is 22.4. The van der Waals surface area contributed by atoms with Crippen molar-refractivity contribution in [3.8, 4) is 11.5 Å². The zero-order valence-corrected chi connectivity index (χ0v) is 27.4. The lowest BCUT2D eigenvalue weighted by Crippen LogP contribution is -2.29. The minimum Gasteiger partial charge on any atom is -0.493 e. The van der Waals surface area contributed by atoms with E-state index in [1.54, 1.807) is 11.8 Å². The van der Waals surface area contributed by atoms with Gasteiger partial charge in [0.25, 0.3) is 0 Å². The number of ether oxygens (including phenoxy) is 3. The maximum atomic E-state index is 13.8. The van der Waals surface area contributed by atoms with E-state index in [0.29, 0.717) is 56.3 Å². The van der Waals surface area contributed by atoms with Crippen molar-refractivity contribution in [1.29, 1.82) is 0 Å². The van der Waals surface area contributed by atoms with Crippen LogP contribution in [0.2, 0.25) is 10.0 Å². The number of nitrogens with zero attached hydrogens (tertiary/aromatic N) is 3. The third kappa shape index (κ3) is 7.17. The fourth-order valence-electron chi connectivity index (χ4n) is 5.04. The first-order valence-electron chi connectivity index (χ1n) is 14.5. The van der Waals surface area contributed by atoms with E-state index in [0.717, 1.165) is 22.3 Å². The van der Waals surface area contributed by atoms with Gasteiger partial charge in [-0.15, -0.1) is 5.10 Å². The van der Waals surface area contributed by atoms with Crippen molar-refractivity contribution in [3.63, 3.8) is 0 Å². The molecule has 0 fully saturated rings. The minimum absolute atomic E-state index is 0.132. The second kappa shape index (κ2) is 14.3. The fourth-order valence-corrected chi connectivity index (χ4v) is 6.28. The van der Waals surface area contributed by atoms with Gasteiger partial charge in [-0.3, -0.25) is 0 Å². The lowest BCUT2D eigenvalue weighted by atomic mass is 9.95. The van der Waals surface area contributed by atoms with Crippen molar-refractivity contribution < 1.29 is 19.0 Å². The maximum absolute atomic E-state index is 13.8. The Labute approximate surface area is 281 Å². The normalized spacial score (nSPS) is 14.0. The quantitative estimate of drug-likeness (QED) is 0.110.